The molecular weight excluding hydrogens is 322 g/mol. The smallest absolute Gasteiger partial charge is 0.271 e. The summed E-state index contributed by atoms with van der Waals surface area (Å²) in [5.74, 6) is 0.853. The van der Waals surface area contributed by atoms with Crippen LogP contribution in [0.4, 0.5) is 0 Å². The molecule has 3 aromatic rings. The van der Waals surface area contributed by atoms with Crippen molar-refractivity contribution in [2.75, 3.05) is 13.7 Å². The lowest BCUT2D eigenvalue weighted by Crippen LogP contribution is -2.31. The molecule has 1 aliphatic rings. The van der Waals surface area contributed by atoms with Gasteiger partial charge in [-0.05, 0) is 43.5 Å². The van der Waals surface area contributed by atoms with Gasteiger partial charge < -0.3 is 14.6 Å². The standard InChI is InChI=1S/C18H19N3O2S/c1-11-13-10-12(23-2)5-6-14(13)20-16(11)18(22)21-8-3-4-15(21)17-19-7-9-24-17/h5-7,9-10,15,20H,3-4,8H2,1-2H3/t15-/m0/s1. The Morgan fingerprint density at radius 2 is 2.33 bits per heavy atom. The number of nitrogens with one attached hydrogen (secondary N) is 1. The van der Waals surface area contributed by atoms with Gasteiger partial charge in [0.2, 0.25) is 0 Å². The lowest BCUT2D eigenvalue weighted by atomic mass is 10.1. The normalized spacial score (nSPS) is 17.6. The molecule has 2 aromatic heterocycles. The molecule has 0 saturated carbocycles. The largest absolute Gasteiger partial charge is 0.497 e. The number of rotatable bonds is 3. The van der Waals surface area contributed by atoms with E-state index in [2.05, 4.69) is 9.97 Å². The van der Waals surface area contributed by atoms with E-state index in [4.69, 9.17) is 4.74 Å². The third-order valence-corrected chi connectivity index (χ3v) is 5.61. The number of benzene rings is 1. The maximum Gasteiger partial charge on any atom is 0.271 e. The first-order chi connectivity index (χ1) is 11.7. The monoisotopic (exact) mass is 341 g/mol. The van der Waals surface area contributed by atoms with E-state index in [1.54, 1.807) is 24.6 Å². The molecule has 0 aliphatic carbocycles. The van der Waals surface area contributed by atoms with Crippen molar-refractivity contribution in [2.24, 2.45) is 0 Å². The minimum Gasteiger partial charge on any atom is -0.497 e. The molecule has 1 fully saturated rings. The molecule has 0 unspecified atom stereocenters. The number of thiazole rings is 1. The van der Waals surface area contributed by atoms with Gasteiger partial charge in [0.15, 0.2) is 0 Å². The number of amides is 1. The van der Waals surface area contributed by atoms with Crippen LogP contribution >= 0.6 is 11.3 Å². The van der Waals surface area contributed by atoms with E-state index < -0.39 is 0 Å². The molecule has 0 bridgehead atoms. The number of likely N-dealkylation sites (tertiary alicyclic amines) is 1. The van der Waals surface area contributed by atoms with Crippen LogP contribution in [-0.4, -0.2) is 34.4 Å². The molecule has 1 amide bonds. The fraction of sp³-hybridized carbons (Fsp3) is 0.333. The molecule has 6 heteroatoms. The van der Waals surface area contributed by atoms with Crippen molar-refractivity contribution in [3.05, 3.63) is 46.0 Å². The van der Waals surface area contributed by atoms with E-state index in [1.165, 1.54) is 0 Å². The van der Waals surface area contributed by atoms with E-state index in [-0.39, 0.29) is 11.9 Å². The van der Waals surface area contributed by atoms with Gasteiger partial charge in [-0.2, -0.15) is 0 Å². The number of carbonyl (C=O) groups excluding carboxylic acids is 1. The SMILES string of the molecule is COc1ccc2[nH]c(C(=O)N3CCC[C@H]3c3nccs3)c(C)c2c1. The number of hydrogen-bond acceptors (Lipinski definition) is 4. The van der Waals surface area contributed by atoms with Gasteiger partial charge in [-0.3, -0.25) is 4.79 Å². The Balaban J connectivity index is 1.71. The summed E-state index contributed by atoms with van der Waals surface area (Å²) in [4.78, 5) is 22.8. The summed E-state index contributed by atoms with van der Waals surface area (Å²) in [5, 5.41) is 4.02. The number of aromatic amines is 1. The summed E-state index contributed by atoms with van der Waals surface area (Å²) in [6.07, 6.45) is 3.80. The predicted octanol–water partition coefficient (Wildman–Crippen LogP) is 3.92. The maximum atomic E-state index is 13.1. The lowest BCUT2D eigenvalue weighted by Gasteiger charge is -2.22. The summed E-state index contributed by atoms with van der Waals surface area (Å²) < 4.78 is 5.30. The van der Waals surface area contributed by atoms with Crippen molar-refractivity contribution >= 4 is 28.1 Å². The van der Waals surface area contributed by atoms with Gasteiger partial charge in [0.25, 0.3) is 5.91 Å². The highest BCUT2D eigenvalue weighted by molar-refractivity contribution is 7.09. The van der Waals surface area contributed by atoms with E-state index in [9.17, 15) is 4.79 Å². The van der Waals surface area contributed by atoms with Gasteiger partial charge in [0.1, 0.15) is 16.5 Å². The van der Waals surface area contributed by atoms with Crippen LogP contribution in [0.3, 0.4) is 0 Å². The second-order valence-electron chi connectivity index (χ2n) is 6.06. The highest BCUT2D eigenvalue weighted by atomic mass is 32.1. The molecule has 1 aliphatic heterocycles. The number of methoxy groups -OCH3 is 1. The summed E-state index contributed by atoms with van der Waals surface area (Å²) in [5.41, 5.74) is 2.60. The highest BCUT2D eigenvalue weighted by Crippen LogP contribution is 2.35. The van der Waals surface area contributed by atoms with Gasteiger partial charge in [0.05, 0.1) is 13.2 Å². The Morgan fingerprint density at radius 3 is 3.08 bits per heavy atom. The van der Waals surface area contributed by atoms with Gasteiger partial charge >= 0.3 is 0 Å². The Labute approximate surface area is 144 Å². The second kappa shape index (κ2) is 5.94. The summed E-state index contributed by atoms with van der Waals surface area (Å²) in [7, 11) is 1.65. The number of hydrogen-bond donors (Lipinski definition) is 1. The van der Waals surface area contributed by atoms with Crippen LogP contribution in [-0.2, 0) is 0 Å². The fourth-order valence-corrected chi connectivity index (χ4v) is 4.24. The first-order valence-corrected chi connectivity index (χ1v) is 8.93. The number of aryl methyl sites for hydroxylation is 1. The van der Waals surface area contributed by atoms with Crippen LogP contribution in [0, 0.1) is 6.92 Å². The Morgan fingerprint density at radius 1 is 1.46 bits per heavy atom. The molecule has 1 atom stereocenters. The Bertz CT molecular complexity index is 885. The summed E-state index contributed by atoms with van der Waals surface area (Å²) in [6, 6.07) is 5.93. The van der Waals surface area contributed by atoms with Crippen molar-refractivity contribution in [1.82, 2.24) is 14.9 Å². The third kappa shape index (κ3) is 2.38. The number of ether oxygens (including phenoxy) is 1. The van der Waals surface area contributed by atoms with E-state index in [1.807, 2.05) is 35.4 Å². The number of carbonyl (C=O) groups is 1. The average molecular weight is 341 g/mol. The molecule has 5 nitrogen and oxygen atoms in total. The van der Waals surface area contributed by atoms with E-state index in [0.29, 0.717) is 5.69 Å². The third-order valence-electron chi connectivity index (χ3n) is 4.73. The van der Waals surface area contributed by atoms with Crippen LogP contribution < -0.4 is 4.74 Å². The van der Waals surface area contributed by atoms with Crippen molar-refractivity contribution in [3.63, 3.8) is 0 Å². The number of H-pyrrole nitrogens is 1. The van der Waals surface area contributed by atoms with Crippen LogP contribution in [0.2, 0.25) is 0 Å². The van der Waals surface area contributed by atoms with Crippen LogP contribution in [0.25, 0.3) is 10.9 Å². The Kier molecular flexibility index (Phi) is 3.76. The minimum absolute atomic E-state index is 0.0559. The van der Waals surface area contributed by atoms with Gasteiger partial charge in [-0.15, -0.1) is 11.3 Å². The van der Waals surface area contributed by atoms with Crippen molar-refractivity contribution < 1.29 is 9.53 Å². The number of nitrogens with zero attached hydrogens (tertiary/aromatic N) is 2. The molecule has 124 valence electrons. The quantitative estimate of drug-likeness (QED) is 0.785. The summed E-state index contributed by atoms with van der Waals surface area (Å²) >= 11 is 1.62. The van der Waals surface area contributed by atoms with Gasteiger partial charge in [-0.25, -0.2) is 4.98 Å². The first kappa shape index (κ1) is 15.2. The van der Waals surface area contributed by atoms with Crippen molar-refractivity contribution in [2.45, 2.75) is 25.8 Å². The molecule has 1 aromatic carbocycles. The first-order valence-electron chi connectivity index (χ1n) is 8.05. The molecular formula is C18H19N3O2S. The fourth-order valence-electron chi connectivity index (χ4n) is 3.46. The molecule has 0 spiro atoms. The predicted molar refractivity (Wildman–Crippen MR) is 94.7 cm³/mol. The zero-order valence-corrected chi connectivity index (χ0v) is 14.5. The zero-order valence-electron chi connectivity index (χ0n) is 13.7. The van der Waals surface area contributed by atoms with Gasteiger partial charge in [-0.1, -0.05) is 0 Å². The number of aromatic nitrogens is 2. The maximum absolute atomic E-state index is 13.1. The molecule has 24 heavy (non-hydrogen) atoms. The summed E-state index contributed by atoms with van der Waals surface area (Å²) in [6.45, 7) is 2.77. The topological polar surface area (TPSA) is 58.2 Å². The molecule has 4 rings (SSSR count). The van der Waals surface area contributed by atoms with Crippen LogP contribution in [0.1, 0.15) is 39.9 Å². The number of fused-ring (bicyclic) bond motifs is 1. The average Bonchev–Trinajstić information content (AvgIpc) is 3.33. The van der Waals surface area contributed by atoms with Crippen LogP contribution in [0.5, 0.6) is 5.75 Å². The highest BCUT2D eigenvalue weighted by Gasteiger charge is 2.33. The van der Waals surface area contributed by atoms with Crippen molar-refractivity contribution in [1.29, 1.82) is 0 Å². The zero-order chi connectivity index (χ0) is 16.7. The molecule has 1 N–H and O–H groups in total. The van der Waals surface area contributed by atoms with Crippen molar-refractivity contribution in [3.8, 4) is 5.75 Å². The van der Waals surface area contributed by atoms with E-state index in [0.717, 1.165) is 46.6 Å². The molecule has 0 radical (unpaired) electrons. The van der Waals surface area contributed by atoms with Crippen LogP contribution in [0.15, 0.2) is 29.8 Å². The lowest BCUT2D eigenvalue weighted by molar-refractivity contribution is 0.0729. The van der Waals surface area contributed by atoms with E-state index >= 15 is 0 Å². The molecule has 1 saturated heterocycles. The Hall–Kier alpha value is -2.34. The minimum atomic E-state index is 0.0559. The second-order valence-corrected chi connectivity index (χ2v) is 6.99. The van der Waals surface area contributed by atoms with Gasteiger partial charge in [0, 0.05) is 29.0 Å². The molecule has 3 heterocycles.